The predicted octanol–water partition coefficient (Wildman–Crippen LogP) is 7.13. The van der Waals surface area contributed by atoms with E-state index in [-0.39, 0.29) is 25.6 Å². The zero-order valence-corrected chi connectivity index (χ0v) is 29.1. The molecule has 0 aliphatic heterocycles. The summed E-state index contributed by atoms with van der Waals surface area (Å²) in [5.41, 5.74) is 11.1. The average molecular weight is 689 g/mol. The maximum absolute atomic E-state index is 12.8. The maximum Gasteiger partial charge on any atom is 0.408 e. The van der Waals surface area contributed by atoms with E-state index in [1.54, 1.807) is 20.8 Å². The highest BCUT2D eigenvalue weighted by atomic mass is 16.6. The molecule has 2 aromatic heterocycles. The van der Waals surface area contributed by atoms with Gasteiger partial charge < -0.3 is 35.2 Å². The van der Waals surface area contributed by atoms with Gasteiger partial charge in [-0.2, -0.15) is 0 Å². The molecule has 10 nitrogen and oxygen atoms in total. The topological polar surface area (TPSA) is 149 Å². The maximum atomic E-state index is 12.8. The third-order valence-electron chi connectivity index (χ3n) is 7.94. The first-order valence-electron chi connectivity index (χ1n) is 16.8. The number of benzene rings is 4. The summed E-state index contributed by atoms with van der Waals surface area (Å²) in [7, 11) is 0. The number of ether oxygens (including phenoxy) is 3. The van der Waals surface area contributed by atoms with E-state index in [1.807, 2.05) is 122 Å². The molecule has 0 unspecified atom stereocenters. The number of aromatic amines is 2. The number of H-pyrrole nitrogens is 2. The Hall–Kier alpha value is -5.87. The molecule has 6 rings (SSSR count). The molecular weight excluding hydrogens is 644 g/mol. The summed E-state index contributed by atoms with van der Waals surface area (Å²) in [4.78, 5) is 43.5. The first kappa shape index (κ1) is 36.4. The Morgan fingerprint density at radius 2 is 1.10 bits per heavy atom. The van der Waals surface area contributed by atoms with Crippen molar-refractivity contribution in [2.24, 2.45) is 5.73 Å². The van der Waals surface area contributed by atoms with Gasteiger partial charge in [-0.1, -0.05) is 97.1 Å². The van der Waals surface area contributed by atoms with Crippen molar-refractivity contribution in [3.05, 3.63) is 144 Å². The van der Waals surface area contributed by atoms with Gasteiger partial charge in [-0.25, -0.2) is 9.59 Å². The number of carbonyl (C=O) groups is 3. The van der Waals surface area contributed by atoms with Crippen LogP contribution < -0.4 is 11.1 Å². The Morgan fingerprint density at radius 3 is 1.61 bits per heavy atom. The predicted molar refractivity (Wildman–Crippen MR) is 198 cm³/mol. The number of aromatic nitrogens is 2. The summed E-state index contributed by atoms with van der Waals surface area (Å²) < 4.78 is 16.1. The fraction of sp³-hybridized carbons (Fsp3) is 0.244. The Bertz CT molecular complexity index is 2030. The lowest BCUT2D eigenvalue weighted by molar-refractivity contribution is -0.147. The van der Waals surface area contributed by atoms with Crippen LogP contribution in [0.1, 0.15) is 43.0 Å². The van der Waals surface area contributed by atoms with Gasteiger partial charge in [0.15, 0.2) is 0 Å². The molecule has 264 valence electrons. The number of esters is 2. The van der Waals surface area contributed by atoms with E-state index in [1.165, 1.54) is 0 Å². The van der Waals surface area contributed by atoms with E-state index < -0.39 is 29.7 Å². The normalized spacial score (nSPS) is 12.3. The van der Waals surface area contributed by atoms with Crippen molar-refractivity contribution in [1.29, 1.82) is 0 Å². The minimum absolute atomic E-state index is 0.139. The first-order chi connectivity index (χ1) is 24.6. The van der Waals surface area contributed by atoms with Crippen LogP contribution >= 0.6 is 0 Å². The van der Waals surface area contributed by atoms with E-state index in [9.17, 15) is 14.4 Å². The lowest BCUT2D eigenvalue weighted by Gasteiger charge is -2.23. The summed E-state index contributed by atoms with van der Waals surface area (Å²) in [5, 5.41) is 4.75. The van der Waals surface area contributed by atoms with Crippen molar-refractivity contribution < 1.29 is 28.6 Å². The van der Waals surface area contributed by atoms with Crippen LogP contribution in [0.5, 0.6) is 0 Å². The summed E-state index contributed by atoms with van der Waals surface area (Å²) in [5.74, 6) is -0.890. The Labute approximate surface area is 297 Å². The zero-order chi connectivity index (χ0) is 36.2. The summed E-state index contributed by atoms with van der Waals surface area (Å²) in [6, 6.07) is 33.2. The lowest BCUT2D eigenvalue weighted by atomic mass is 10.1. The van der Waals surface area contributed by atoms with Crippen LogP contribution in [0, 0.1) is 0 Å². The van der Waals surface area contributed by atoms with Crippen molar-refractivity contribution in [3.63, 3.8) is 0 Å². The van der Waals surface area contributed by atoms with Crippen molar-refractivity contribution in [2.75, 3.05) is 0 Å². The van der Waals surface area contributed by atoms with E-state index in [4.69, 9.17) is 19.9 Å². The first-order valence-corrected chi connectivity index (χ1v) is 16.8. The quantitative estimate of drug-likeness (QED) is 0.0836. The van der Waals surface area contributed by atoms with Crippen LogP contribution in [0.3, 0.4) is 0 Å². The standard InChI is InChI=1S/C23H26N2O4.C18H18N2O2/c1-23(2,3)29-22(27)25-20(21(26)28-15-16-9-5-4-6-10-16)13-17-14-24-19-12-8-7-11-18(17)19;19-16(18(21)22-12-13-6-2-1-3-7-13)10-14-11-20-17-9-5-4-8-15(14)17/h4-12,14,20,24H,13,15H2,1-3H3,(H,25,27);1-9,11,16,20H,10,12,19H2/t20-;16-/m11/s1. The third-order valence-corrected chi connectivity index (χ3v) is 7.94. The number of amides is 1. The Balaban J connectivity index is 0.000000205. The van der Waals surface area contributed by atoms with Gasteiger partial charge in [-0.3, -0.25) is 4.79 Å². The second-order valence-corrected chi connectivity index (χ2v) is 13.1. The summed E-state index contributed by atoms with van der Waals surface area (Å²) in [6.07, 6.45) is 3.83. The van der Waals surface area contributed by atoms with Crippen LogP contribution in [0.25, 0.3) is 21.8 Å². The monoisotopic (exact) mass is 688 g/mol. The third kappa shape index (κ3) is 10.8. The fourth-order valence-corrected chi connectivity index (χ4v) is 5.45. The molecular formula is C41H44N4O6. The highest BCUT2D eigenvalue weighted by Gasteiger charge is 2.27. The minimum Gasteiger partial charge on any atom is -0.460 e. The molecule has 0 saturated heterocycles. The molecule has 0 aliphatic rings. The van der Waals surface area contributed by atoms with Crippen LogP contribution in [0.4, 0.5) is 4.79 Å². The van der Waals surface area contributed by atoms with Gasteiger partial charge in [0.2, 0.25) is 0 Å². The summed E-state index contributed by atoms with van der Waals surface area (Å²) in [6.45, 7) is 5.71. The number of rotatable bonds is 11. The highest BCUT2D eigenvalue weighted by molar-refractivity contribution is 5.86. The molecule has 0 bridgehead atoms. The van der Waals surface area contributed by atoms with Gasteiger partial charge in [-0.05, 0) is 55.2 Å². The molecule has 0 fully saturated rings. The van der Waals surface area contributed by atoms with E-state index in [2.05, 4.69) is 15.3 Å². The fourth-order valence-electron chi connectivity index (χ4n) is 5.45. The van der Waals surface area contributed by atoms with Gasteiger partial charge in [0.05, 0.1) is 0 Å². The van der Waals surface area contributed by atoms with Gasteiger partial charge in [-0.15, -0.1) is 0 Å². The Kier molecular flexibility index (Phi) is 12.3. The van der Waals surface area contributed by atoms with E-state index >= 15 is 0 Å². The summed E-state index contributed by atoms with van der Waals surface area (Å²) >= 11 is 0. The second kappa shape index (κ2) is 17.2. The number of alkyl carbamates (subject to hydrolysis) is 1. The number of hydrogen-bond acceptors (Lipinski definition) is 7. The molecule has 6 aromatic rings. The van der Waals surface area contributed by atoms with E-state index in [0.717, 1.165) is 44.1 Å². The molecule has 10 heteroatoms. The average Bonchev–Trinajstić information content (AvgIpc) is 3.73. The van der Waals surface area contributed by atoms with Gasteiger partial charge in [0.25, 0.3) is 0 Å². The lowest BCUT2D eigenvalue weighted by Crippen LogP contribution is -2.45. The van der Waals surface area contributed by atoms with Crippen LogP contribution in [-0.2, 0) is 49.9 Å². The number of fused-ring (bicyclic) bond motifs is 2. The van der Waals surface area contributed by atoms with Gasteiger partial charge in [0, 0.05) is 47.0 Å². The Morgan fingerprint density at radius 1 is 0.647 bits per heavy atom. The van der Waals surface area contributed by atoms with Crippen LogP contribution in [0.15, 0.2) is 122 Å². The number of para-hydroxylation sites is 2. The zero-order valence-electron chi connectivity index (χ0n) is 29.1. The van der Waals surface area contributed by atoms with E-state index in [0.29, 0.717) is 6.42 Å². The second-order valence-electron chi connectivity index (χ2n) is 13.1. The molecule has 0 spiro atoms. The minimum atomic E-state index is -0.868. The number of nitrogens with two attached hydrogens (primary N) is 1. The molecule has 51 heavy (non-hydrogen) atoms. The molecule has 5 N–H and O–H groups in total. The van der Waals surface area contributed by atoms with Crippen molar-refractivity contribution >= 4 is 39.8 Å². The van der Waals surface area contributed by atoms with Crippen molar-refractivity contribution in [2.45, 2.75) is 64.5 Å². The largest absolute Gasteiger partial charge is 0.460 e. The molecule has 2 heterocycles. The van der Waals surface area contributed by atoms with Crippen molar-refractivity contribution in [1.82, 2.24) is 15.3 Å². The molecule has 4 aromatic carbocycles. The number of carbonyl (C=O) groups excluding carboxylic acids is 3. The van der Waals surface area contributed by atoms with Gasteiger partial charge in [0.1, 0.15) is 30.9 Å². The van der Waals surface area contributed by atoms with Crippen molar-refractivity contribution in [3.8, 4) is 0 Å². The highest BCUT2D eigenvalue weighted by Crippen LogP contribution is 2.21. The molecule has 1 amide bonds. The number of hydrogen-bond donors (Lipinski definition) is 4. The smallest absolute Gasteiger partial charge is 0.408 e. The molecule has 0 aliphatic carbocycles. The molecule has 0 radical (unpaired) electrons. The van der Waals surface area contributed by atoms with Crippen LogP contribution in [0.2, 0.25) is 0 Å². The SMILES string of the molecule is CC(C)(C)OC(=O)N[C@H](Cc1c[nH]c2ccccc12)C(=O)OCc1ccccc1.N[C@H](Cc1c[nH]c2ccccc12)C(=O)OCc1ccccc1. The number of nitrogens with one attached hydrogen (secondary N) is 3. The molecule has 2 atom stereocenters. The van der Waals surface area contributed by atoms with Crippen LogP contribution in [-0.4, -0.2) is 45.7 Å². The molecule has 0 saturated carbocycles. The van der Waals surface area contributed by atoms with Gasteiger partial charge >= 0.3 is 18.0 Å².